The first-order valence-corrected chi connectivity index (χ1v) is 9.61. The highest BCUT2D eigenvalue weighted by Gasteiger charge is 2.15. The SMILES string of the molecule is COc1cc(CNc2ccc(N3CCCCC3)c(Cl)c2)cc(OC)c1OC. The summed E-state index contributed by atoms with van der Waals surface area (Å²) in [7, 11) is 4.84. The van der Waals surface area contributed by atoms with Gasteiger partial charge < -0.3 is 24.4 Å². The highest BCUT2D eigenvalue weighted by atomic mass is 35.5. The average molecular weight is 391 g/mol. The van der Waals surface area contributed by atoms with Crippen LogP contribution in [0.4, 0.5) is 11.4 Å². The van der Waals surface area contributed by atoms with E-state index < -0.39 is 0 Å². The van der Waals surface area contributed by atoms with Crippen LogP contribution in [0.15, 0.2) is 30.3 Å². The van der Waals surface area contributed by atoms with E-state index in [1.807, 2.05) is 18.2 Å². The van der Waals surface area contributed by atoms with Gasteiger partial charge in [0, 0.05) is 25.3 Å². The summed E-state index contributed by atoms with van der Waals surface area (Å²) in [6.45, 7) is 2.78. The van der Waals surface area contributed by atoms with E-state index in [0.29, 0.717) is 23.8 Å². The van der Waals surface area contributed by atoms with Crippen molar-refractivity contribution in [2.45, 2.75) is 25.8 Å². The number of nitrogens with zero attached hydrogens (tertiary/aromatic N) is 1. The fraction of sp³-hybridized carbons (Fsp3) is 0.429. The van der Waals surface area contributed by atoms with Crippen LogP contribution in [0.5, 0.6) is 17.2 Å². The van der Waals surface area contributed by atoms with Crippen LogP contribution in [0.25, 0.3) is 0 Å². The minimum absolute atomic E-state index is 0.595. The molecule has 1 aliphatic rings. The van der Waals surface area contributed by atoms with Gasteiger partial charge in [0.05, 0.1) is 32.0 Å². The van der Waals surface area contributed by atoms with Gasteiger partial charge in [-0.3, -0.25) is 0 Å². The zero-order valence-corrected chi connectivity index (χ0v) is 16.9. The molecule has 2 aromatic carbocycles. The van der Waals surface area contributed by atoms with E-state index in [1.54, 1.807) is 21.3 Å². The van der Waals surface area contributed by atoms with Gasteiger partial charge in [0.25, 0.3) is 0 Å². The first-order valence-electron chi connectivity index (χ1n) is 9.23. The van der Waals surface area contributed by atoms with Crippen molar-refractivity contribution in [3.8, 4) is 17.2 Å². The molecule has 3 rings (SSSR count). The lowest BCUT2D eigenvalue weighted by atomic mass is 10.1. The average Bonchev–Trinajstić information content (AvgIpc) is 2.72. The largest absolute Gasteiger partial charge is 0.493 e. The number of methoxy groups -OCH3 is 3. The quantitative estimate of drug-likeness (QED) is 0.723. The Kier molecular flexibility index (Phi) is 6.56. The molecule has 146 valence electrons. The molecule has 0 aliphatic carbocycles. The first-order chi connectivity index (χ1) is 13.2. The number of halogens is 1. The maximum Gasteiger partial charge on any atom is 0.203 e. The predicted octanol–water partition coefficient (Wildman–Crippen LogP) is 4.97. The number of hydrogen-bond acceptors (Lipinski definition) is 5. The van der Waals surface area contributed by atoms with E-state index in [0.717, 1.165) is 35.1 Å². The van der Waals surface area contributed by atoms with Crippen LogP contribution in [0.3, 0.4) is 0 Å². The Hall–Kier alpha value is -2.27. The number of piperidine rings is 1. The minimum atomic E-state index is 0.595. The van der Waals surface area contributed by atoms with Crippen molar-refractivity contribution < 1.29 is 14.2 Å². The lowest BCUT2D eigenvalue weighted by Crippen LogP contribution is -2.29. The van der Waals surface area contributed by atoms with Gasteiger partial charge in [-0.15, -0.1) is 0 Å². The number of rotatable bonds is 7. The molecule has 0 bridgehead atoms. The topological polar surface area (TPSA) is 43.0 Å². The van der Waals surface area contributed by atoms with Gasteiger partial charge in [-0.1, -0.05) is 11.6 Å². The second kappa shape index (κ2) is 9.09. The van der Waals surface area contributed by atoms with Crippen molar-refractivity contribution in [3.05, 3.63) is 40.9 Å². The molecule has 1 fully saturated rings. The number of anilines is 2. The van der Waals surface area contributed by atoms with Crippen molar-refractivity contribution in [2.24, 2.45) is 0 Å². The molecule has 1 saturated heterocycles. The van der Waals surface area contributed by atoms with E-state index >= 15 is 0 Å². The fourth-order valence-electron chi connectivity index (χ4n) is 3.45. The van der Waals surface area contributed by atoms with Gasteiger partial charge >= 0.3 is 0 Å². The van der Waals surface area contributed by atoms with Crippen molar-refractivity contribution in [1.29, 1.82) is 0 Å². The minimum Gasteiger partial charge on any atom is -0.493 e. The molecule has 1 heterocycles. The highest BCUT2D eigenvalue weighted by Crippen LogP contribution is 2.38. The van der Waals surface area contributed by atoms with Crippen LogP contribution in [0.2, 0.25) is 5.02 Å². The van der Waals surface area contributed by atoms with E-state index in [2.05, 4.69) is 22.3 Å². The summed E-state index contributed by atoms with van der Waals surface area (Å²) in [6, 6.07) is 10.1. The lowest BCUT2D eigenvalue weighted by molar-refractivity contribution is 0.324. The van der Waals surface area contributed by atoms with Gasteiger partial charge in [0.1, 0.15) is 0 Å². The Morgan fingerprint density at radius 1 is 0.926 bits per heavy atom. The summed E-state index contributed by atoms with van der Waals surface area (Å²) in [4.78, 5) is 2.37. The highest BCUT2D eigenvalue weighted by molar-refractivity contribution is 6.33. The van der Waals surface area contributed by atoms with Crippen LogP contribution >= 0.6 is 11.6 Å². The van der Waals surface area contributed by atoms with Gasteiger partial charge in [-0.25, -0.2) is 0 Å². The Labute approximate surface area is 166 Å². The van der Waals surface area contributed by atoms with E-state index in [-0.39, 0.29) is 0 Å². The molecule has 0 aromatic heterocycles. The summed E-state index contributed by atoms with van der Waals surface area (Å²) in [5.41, 5.74) is 3.13. The van der Waals surface area contributed by atoms with E-state index in [1.165, 1.54) is 19.3 Å². The molecule has 0 amide bonds. The summed E-state index contributed by atoms with van der Waals surface area (Å²) in [5.74, 6) is 1.89. The van der Waals surface area contributed by atoms with E-state index in [4.69, 9.17) is 25.8 Å². The Morgan fingerprint density at radius 2 is 1.59 bits per heavy atom. The van der Waals surface area contributed by atoms with Crippen molar-refractivity contribution in [1.82, 2.24) is 0 Å². The third-order valence-electron chi connectivity index (χ3n) is 4.87. The molecular formula is C21H27ClN2O3. The number of hydrogen-bond donors (Lipinski definition) is 1. The normalized spacial score (nSPS) is 14.0. The van der Waals surface area contributed by atoms with Crippen LogP contribution in [0.1, 0.15) is 24.8 Å². The predicted molar refractivity (Wildman–Crippen MR) is 111 cm³/mol. The molecule has 6 heteroatoms. The third kappa shape index (κ3) is 4.53. The summed E-state index contributed by atoms with van der Waals surface area (Å²) in [6.07, 6.45) is 3.78. The summed E-state index contributed by atoms with van der Waals surface area (Å²) >= 11 is 6.54. The van der Waals surface area contributed by atoms with Crippen LogP contribution in [-0.4, -0.2) is 34.4 Å². The molecule has 0 saturated carbocycles. The van der Waals surface area contributed by atoms with Crippen molar-refractivity contribution >= 4 is 23.0 Å². The molecule has 2 aromatic rings. The molecule has 1 N–H and O–H groups in total. The second-order valence-electron chi connectivity index (χ2n) is 6.60. The van der Waals surface area contributed by atoms with Gasteiger partial charge in [0.2, 0.25) is 5.75 Å². The molecule has 1 aliphatic heterocycles. The molecule has 5 nitrogen and oxygen atoms in total. The Morgan fingerprint density at radius 3 is 2.15 bits per heavy atom. The van der Waals surface area contributed by atoms with Gasteiger partial charge in [0.15, 0.2) is 11.5 Å². The third-order valence-corrected chi connectivity index (χ3v) is 5.17. The standard InChI is InChI=1S/C21H27ClN2O3/c1-25-19-11-15(12-20(26-2)21(19)27-3)14-23-16-7-8-18(17(22)13-16)24-9-5-4-6-10-24/h7-8,11-13,23H,4-6,9-10,14H2,1-3H3. The lowest BCUT2D eigenvalue weighted by Gasteiger charge is -2.29. The molecule has 27 heavy (non-hydrogen) atoms. The maximum absolute atomic E-state index is 6.54. The van der Waals surface area contributed by atoms with Crippen molar-refractivity contribution in [2.75, 3.05) is 44.6 Å². The molecule has 0 atom stereocenters. The smallest absolute Gasteiger partial charge is 0.203 e. The zero-order valence-electron chi connectivity index (χ0n) is 16.2. The summed E-state index contributed by atoms with van der Waals surface area (Å²) in [5, 5.41) is 4.20. The molecule has 0 radical (unpaired) electrons. The summed E-state index contributed by atoms with van der Waals surface area (Å²) < 4.78 is 16.2. The molecule has 0 unspecified atom stereocenters. The number of ether oxygens (including phenoxy) is 3. The van der Waals surface area contributed by atoms with Gasteiger partial charge in [-0.05, 0) is 55.2 Å². The number of benzene rings is 2. The number of nitrogens with one attached hydrogen (secondary N) is 1. The zero-order chi connectivity index (χ0) is 19.2. The second-order valence-corrected chi connectivity index (χ2v) is 7.01. The van der Waals surface area contributed by atoms with Crippen molar-refractivity contribution in [3.63, 3.8) is 0 Å². The van der Waals surface area contributed by atoms with Crippen LogP contribution in [0, 0.1) is 0 Å². The van der Waals surface area contributed by atoms with Crippen LogP contribution in [-0.2, 0) is 6.54 Å². The monoisotopic (exact) mass is 390 g/mol. The maximum atomic E-state index is 6.54. The molecule has 0 spiro atoms. The van der Waals surface area contributed by atoms with Gasteiger partial charge in [-0.2, -0.15) is 0 Å². The first kappa shape index (κ1) is 19.5. The van der Waals surface area contributed by atoms with Crippen LogP contribution < -0.4 is 24.4 Å². The fourth-order valence-corrected chi connectivity index (χ4v) is 3.75. The van der Waals surface area contributed by atoms with E-state index in [9.17, 15) is 0 Å². The molecular weight excluding hydrogens is 364 g/mol. The Balaban J connectivity index is 1.72. The Bertz CT molecular complexity index is 751.